The van der Waals surface area contributed by atoms with Crippen molar-refractivity contribution in [3.05, 3.63) is 54.4 Å². The Hall–Kier alpha value is -3.10. The average molecular weight is 449 g/mol. The molecule has 1 atom stereocenters. The van der Waals surface area contributed by atoms with Gasteiger partial charge in [0, 0.05) is 30.2 Å². The summed E-state index contributed by atoms with van der Waals surface area (Å²) in [4.78, 5) is 30.3. The number of pyridine rings is 1. The van der Waals surface area contributed by atoms with Gasteiger partial charge in [0.15, 0.2) is 0 Å². The van der Waals surface area contributed by atoms with Crippen molar-refractivity contribution in [2.75, 3.05) is 11.5 Å². The van der Waals surface area contributed by atoms with Crippen molar-refractivity contribution in [3.8, 4) is 5.75 Å². The second-order valence-electron chi connectivity index (χ2n) is 7.63. The Bertz CT molecular complexity index is 915. The third-order valence-corrected chi connectivity index (χ3v) is 5.35. The lowest BCUT2D eigenvalue weighted by molar-refractivity contribution is -0.171. The van der Waals surface area contributed by atoms with Gasteiger partial charge in [0.1, 0.15) is 11.8 Å². The summed E-state index contributed by atoms with van der Waals surface area (Å²) in [7, 11) is 0. The van der Waals surface area contributed by atoms with Crippen LogP contribution in [0.25, 0.3) is 0 Å². The van der Waals surface area contributed by atoms with E-state index in [2.05, 4.69) is 10.3 Å². The quantitative estimate of drug-likeness (QED) is 0.673. The largest absolute Gasteiger partial charge is 0.494 e. The van der Waals surface area contributed by atoms with Crippen LogP contribution in [-0.2, 0) is 9.59 Å². The number of rotatable bonds is 7. The number of hydrogen-bond acceptors (Lipinski definition) is 4. The zero-order valence-corrected chi connectivity index (χ0v) is 17.8. The molecule has 32 heavy (non-hydrogen) atoms. The molecular weight excluding hydrogens is 423 g/mol. The molecule has 0 saturated heterocycles. The monoisotopic (exact) mass is 449 g/mol. The SMILES string of the molecule is CCOc1cccc(N(C(=O)C(F)(F)F)C(C(=O)NC2CCCCC2)c2ccncc2)c1. The van der Waals surface area contributed by atoms with Gasteiger partial charge in [-0.05, 0) is 49.6 Å². The van der Waals surface area contributed by atoms with Gasteiger partial charge >= 0.3 is 12.1 Å². The van der Waals surface area contributed by atoms with Gasteiger partial charge in [0.25, 0.3) is 0 Å². The first-order valence-electron chi connectivity index (χ1n) is 10.6. The molecular formula is C23H26F3N3O3. The molecule has 0 aliphatic heterocycles. The van der Waals surface area contributed by atoms with Crippen LogP contribution in [-0.4, -0.2) is 35.6 Å². The summed E-state index contributed by atoms with van der Waals surface area (Å²) in [5, 5.41) is 2.86. The van der Waals surface area contributed by atoms with E-state index in [1.54, 1.807) is 13.0 Å². The lowest BCUT2D eigenvalue weighted by Gasteiger charge is -2.33. The van der Waals surface area contributed by atoms with Crippen LogP contribution in [0.5, 0.6) is 5.75 Å². The molecule has 1 aromatic heterocycles. The summed E-state index contributed by atoms with van der Waals surface area (Å²) in [5.41, 5.74) is 0.145. The highest BCUT2D eigenvalue weighted by molar-refractivity contribution is 6.04. The van der Waals surface area contributed by atoms with E-state index in [0.717, 1.165) is 32.1 Å². The molecule has 1 aromatic carbocycles. The second kappa shape index (κ2) is 10.5. The van der Waals surface area contributed by atoms with E-state index in [-0.39, 0.29) is 17.3 Å². The highest BCUT2D eigenvalue weighted by Gasteiger charge is 2.47. The number of hydrogen-bond donors (Lipinski definition) is 1. The molecule has 2 amide bonds. The van der Waals surface area contributed by atoms with Gasteiger partial charge in [0.2, 0.25) is 5.91 Å². The Morgan fingerprint density at radius 3 is 2.47 bits per heavy atom. The molecule has 1 saturated carbocycles. The summed E-state index contributed by atoms with van der Waals surface area (Å²) >= 11 is 0. The molecule has 3 rings (SSSR count). The van der Waals surface area contributed by atoms with Crippen LogP contribution < -0.4 is 15.0 Å². The molecule has 0 bridgehead atoms. The van der Waals surface area contributed by atoms with Crippen molar-refractivity contribution in [3.63, 3.8) is 0 Å². The molecule has 1 unspecified atom stereocenters. The molecule has 1 aliphatic carbocycles. The number of alkyl halides is 3. The fraction of sp³-hybridized carbons (Fsp3) is 0.435. The van der Waals surface area contributed by atoms with Crippen molar-refractivity contribution in [1.29, 1.82) is 0 Å². The summed E-state index contributed by atoms with van der Waals surface area (Å²) < 4.78 is 46.4. The Labute approximate surface area is 184 Å². The second-order valence-corrected chi connectivity index (χ2v) is 7.63. The fourth-order valence-corrected chi connectivity index (χ4v) is 3.90. The summed E-state index contributed by atoms with van der Waals surface area (Å²) in [6.45, 7) is 2.04. The highest BCUT2D eigenvalue weighted by atomic mass is 19.4. The number of carbonyl (C=O) groups excluding carboxylic acids is 2. The lowest BCUT2D eigenvalue weighted by Crippen LogP contribution is -2.50. The predicted molar refractivity (Wildman–Crippen MR) is 113 cm³/mol. The van der Waals surface area contributed by atoms with Crippen molar-refractivity contribution >= 4 is 17.5 Å². The van der Waals surface area contributed by atoms with Crippen LogP contribution in [0.15, 0.2) is 48.8 Å². The van der Waals surface area contributed by atoms with Crippen LogP contribution in [0.4, 0.5) is 18.9 Å². The van der Waals surface area contributed by atoms with Gasteiger partial charge in [-0.15, -0.1) is 0 Å². The topological polar surface area (TPSA) is 71.5 Å². The van der Waals surface area contributed by atoms with Gasteiger partial charge < -0.3 is 10.1 Å². The van der Waals surface area contributed by atoms with Gasteiger partial charge in [0.05, 0.1) is 6.61 Å². The normalized spacial score (nSPS) is 15.6. The van der Waals surface area contributed by atoms with E-state index in [9.17, 15) is 22.8 Å². The fourth-order valence-electron chi connectivity index (χ4n) is 3.90. The van der Waals surface area contributed by atoms with Gasteiger partial charge in [-0.3, -0.25) is 19.5 Å². The van der Waals surface area contributed by atoms with Crippen molar-refractivity contribution in [1.82, 2.24) is 10.3 Å². The highest BCUT2D eigenvalue weighted by Crippen LogP contribution is 2.34. The molecule has 1 heterocycles. The number of aromatic nitrogens is 1. The molecule has 6 nitrogen and oxygen atoms in total. The van der Waals surface area contributed by atoms with Crippen LogP contribution in [0, 0.1) is 0 Å². The summed E-state index contributed by atoms with van der Waals surface area (Å²) in [6.07, 6.45) is 2.01. The predicted octanol–water partition coefficient (Wildman–Crippen LogP) is 4.57. The minimum absolute atomic E-state index is 0.0844. The number of anilines is 1. The summed E-state index contributed by atoms with van der Waals surface area (Å²) in [5.74, 6) is -2.50. The Morgan fingerprint density at radius 2 is 1.84 bits per heavy atom. The Morgan fingerprint density at radius 1 is 1.16 bits per heavy atom. The first-order chi connectivity index (χ1) is 15.3. The van der Waals surface area contributed by atoms with E-state index >= 15 is 0 Å². The lowest BCUT2D eigenvalue weighted by atomic mass is 9.94. The summed E-state index contributed by atoms with van der Waals surface area (Å²) in [6, 6.07) is 6.96. The molecule has 172 valence electrons. The number of carbonyl (C=O) groups is 2. The number of nitrogens with one attached hydrogen (secondary N) is 1. The smallest absolute Gasteiger partial charge is 0.471 e. The van der Waals surface area contributed by atoms with Crippen molar-refractivity contribution in [2.24, 2.45) is 0 Å². The van der Waals surface area contributed by atoms with Gasteiger partial charge in [-0.2, -0.15) is 13.2 Å². The maximum absolute atomic E-state index is 13.7. The third kappa shape index (κ3) is 5.77. The average Bonchev–Trinajstić information content (AvgIpc) is 2.78. The van der Waals surface area contributed by atoms with Gasteiger partial charge in [-0.25, -0.2) is 0 Å². The van der Waals surface area contributed by atoms with Crippen LogP contribution in [0.3, 0.4) is 0 Å². The van der Waals surface area contributed by atoms with Gasteiger partial charge in [-0.1, -0.05) is 25.3 Å². The molecule has 2 aromatic rings. The zero-order valence-electron chi connectivity index (χ0n) is 17.8. The molecule has 1 N–H and O–H groups in total. The van der Waals surface area contributed by atoms with E-state index in [1.165, 1.54) is 42.7 Å². The molecule has 1 aliphatic rings. The minimum atomic E-state index is -5.18. The molecule has 9 heteroatoms. The Balaban J connectivity index is 2.07. The maximum atomic E-state index is 13.7. The zero-order chi connectivity index (χ0) is 23.1. The van der Waals surface area contributed by atoms with E-state index in [0.29, 0.717) is 17.3 Å². The minimum Gasteiger partial charge on any atom is -0.494 e. The molecule has 1 fully saturated rings. The molecule has 0 radical (unpaired) electrons. The maximum Gasteiger partial charge on any atom is 0.471 e. The van der Waals surface area contributed by atoms with Crippen LogP contribution in [0.1, 0.15) is 50.6 Å². The first kappa shape index (κ1) is 23.6. The number of halogens is 3. The standard InChI is InChI=1S/C23H26F3N3O3/c1-2-32-19-10-6-9-18(15-19)29(22(31)23(24,25)26)20(16-11-13-27-14-12-16)21(30)28-17-7-4-3-5-8-17/h6,9-15,17,20H,2-5,7-8H2,1H3,(H,28,30). The van der Waals surface area contributed by atoms with Crippen LogP contribution in [0.2, 0.25) is 0 Å². The number of ether oxygens (including phenoxy) is 1. The number of nitrogens with zero attached hydrogens (tertiary/aromatic N) is 2. The van der Waals surface area contributed by atoms with E-state index in [1.807, 2.05) is 0 Å². The van der Waals surface area contributed by atoms with Crippen LogP contribution >= 0.6 is 0 Å². The Kier molecular flexibility index (Phi) is 7.71. The number of amides is 2. The third-order valence-electron chi connectivity index (χ3n) is 5.35. The molecule has 0 spiro atoms. The van der Waals surface area contributed by atoms with Crippen molar-refractivity contribution in [2.45, 2.75) is 57.3 Å². The van der Waals surface area contributed by atoms with Crippen molar-refractivity contribution < 1.29 is 27.5 Å². The van der Waals surface area contributed by atoms with E-state index in [4.69, 9.17) is 4.74 Å². The van der Waals surface area contributed by atoms with E-state index < -0.39 is 24.0 Å². The number of benzene rings is 1. The first-order valence-corrected chi connectivity index (χ1v) is 10.6.